The number of hydrogen-bond donors (Lipinski definition) is 0. The van der Waals surface area contributed by atoms with Crippen LogP contribution in [0.25, 0.3) is 0 Å². The summed E-state index contributed by atoms with van der Waals surface area (Å²) >= 11 is 0. The van der Waals surface area contributed by atoms with E-state index < -0.39 is 32.3 Å². The minimum absolute atomic E-state index is 0.212. The van der Waals surface area contributed by atoms with Crippen LogP contribution < -0.4 is 9.80 Å². The first-order valence-electron chi connectivity index (χ1n) is 9.94. The van der Waals surface area contributed by atoms with E-state index in [1.807, 2.05) is 43.3 Å². The van der Waals surface area contributed by atoms with Crippen LogP contribution in [0.1, 0.15) is 16.7 Å². The molecule has 1 atom stereocenters. The first kappa shape index (κ1) is 19.5. The van der Waals surface area contributed by atoms with E-state index in [4.69, 9.17) is 0 Å². The van der Waals surface area contributed by atoms with Crippen molar-refractivity contribution in [2.45, 2.75) is 18.3 Å². The Morgan fingerprint density at radius 3 is 2.35 bits per heavy atom. The average molecular weight is 433 g/mol. The van der Waals surface area contributed by atoms with Crippen LogP contribution in [0.5, 0.6) is 0 Å². The number of nitrogens with zero attached hydrogens (tertiary/aromatic N) is 2. The van der Waals surface area contributed by atoms with Crippen molar-refractivity contribution < 1.29 is 18.0 Å². The molecule has 0 N–H and O–H groups in total. The average Bonchev–Trinajstić information content (AvgIpc) is 3.12. The Hall–Kier alpha value is -3.45. The Balaban J connectivity index is 1.76. The van der Waals surface area contributed by atoms with Crippen LogP contribution in [-0.4, -0.2) is 26.0 Å². The second-order valence-corrected chi connectivity index (χ2v) is 9.97. The predicted molar refractivity (Wildman–Crippen MR) is 118 cm³/mol. The van der Waals surface area contributed by atoms with Gasteiger partial charge in [0.15, 0.2) is 9.84 Å². The topological polar surface area (TPSA) is 74.8 Å². The third kappa shape index (κ3) is 2.66. The Bertz CT molecular complexity index is 1320. The van der Waals surface area contributed by atoms with Crippen molar-refractivity contribution in [1.82, 2.24) is 0 Å². The Kier molecular flexibility index (Phi) is 4.27. The number of benzene rings is 3. The molecule has 1 saturated heterocycles. The largest absolute Gasteiger partial charge is 0.304 e. The zero-order valence-electron chi connectivity index (χ0n) is 16.9. The molecule has 3 aromatic carbocycles. The summed E-state index contributed by atoms with van der Waals surface area (Å²) in [5.74, 6) is -1.93. The van der Waals surface area contributed by atoms with E-state index in [0.29, 0.717) is 16.9 Å². The van der Waals surface area contributed by atoms with Gasteiger partial charge >= 0.3 is 0 Å². The van der Waals surface area contributed by atoms with Crippen molar-refractivity contribution in [3.63, 3.8) is 0 Å². The van der Waals surface area contributed by atoms with Gasteiger partial charge in [-0.15, -0.1) is 0 Å². The fourth-order valence-electron chi connectivity index (χ4n) is 4.58. The molecule has 6 nitrogen and oxygen atoms in total. The van der Waals surface area contributed by atoms with Crippen LogP contribution in [0.4, 0.5) is 11.4 Å². The van der Waals surface area contributed by atoms with Gasteiger partial charge in [0.1, 0.15) is 5.75 Å². The number of aryl methyl sites for hydroxylation is 1. The van der Waals surface area contributed by atoms with Gasteiger partial charge in [-0.25, -0.2) is 8.42 Å². The van der Waals surface area contributed by atoms with Crippen LogP contribution in [0.2, 0.25) is 0 Å². The summed E-state index contributed by atoms with van der Waals surface area (Å²) in [6.45, 7) is 2.07. The third-order valence-corrected chi connectivity index (χ3v) is 7.97. The number of para-hydroxylation sites is 1. The highest BCUT2D eigenvalue weighted by atomic mass is 32.2. The molecule has 1 spiro atoms. The number of fused-ring (bicyclic) bond motifs is 2. The van der Waals surface area contributed by atoms with Crippen LogP contribution >= 0.6 is 0 Å². The molecule has 3 aromatic rings. The lowest BCUT2D eigenvalue weighted by molar-refractivity contribution is -0.123. The molecule has 1 fully saturated rings. The first-order valence-corrected chi connectivity index (χ1v) is 11.6. The van der Waals surface area contributed by atoms with E-state index in [1.165, 1.54) is 9.80 Å². The van der Waals surface area contributed by atoms with E-state index >= 15 is 0 Å². The minimum Gasteiger partial charge on any atom is -0.304 e. The fraction of sp³-hybridized carbons (Fsp3) is 0.167. The molecule has 156 valence electrons. The molecule has 0 radical (unpaired) electrons. The summed E-state index contributed by atoms with van der Waals surface area (Å²) in [5, 5.41) is 0. The summed E-state index contributed by atoms with van der Waals surface area (Å²) in [7, 11) is -4.15. The second-order valence-electron chi connectivity index (χ2n) is 7.87. The zero-order chi connectivity index (χ0) is 21.8. The van der Waals surface area contributed by atoms with Crippen molar-refractivity contribution in [3.05, 3.63) is 95.6 Å². The SMILES string of the molecule is Cc1cccc(N2C(=O)CS(=O)(=O)[C@]23C(=O)N(Cc2ccccc2)c2ccccc23)c1. The quantitative estimate of drug-likeness (QED) is 0.637. The number of anilines is 2. The second kappa shape index (κ2) is 6.78. The van der Waals surface area contributed by atoms with Crippen LogP contribution in [0.3, 0.4) is 0 Å². The normalized spacial score (nSPS) is 21.7. The summed E-state index contributed by atoms with van der Waals surface area (Å²) < 4.78 is 27.1. The van der Waals surface area contributed by atoms with Crippen LogP contribution in [0.15, 0.2) is 78.9 Å². The summed E-state index contributed by atoms with van der Waals surface area (Å²) in [5.41, 5.74) is 2.96. The molecular weight excluding hydrogens is 412 g/mol. The summed E-state index contributed by atoms with van der Waals surface area (Å²) in [6.07, 6.45) is 0. The molecule has 31 heavy (non-hydrogen) atoms. The van der Waals surface area contributed by atoms with Crippen LogP contribution in [-0.2, 0) is 30.8 Å². The van der Waals surface area contributed by atoms with E-state index in [1.54, 1.807) is 42.5 Å². The van der Waals surface area contributed by atoms with Gasteiger partial charge in [-0.05, 0) is 36.2 Å². The van der Waals surface area contributed by atoms with Crippen molar-refractivity contribution in [2.24, 2.45) is 0 Å². The highest BCUT2D eigenvalue weighted by molar-refractivity contribution is 7.94. The number of carbonyl (C=O) groups excluding carboxylic acids is 2. The first-order chi connectivity index (χ1) is 14.9. The van der Waals surface area contributed by atoms with Crippen LogP contribution in [0, 0.1) is 6.92 Å². The summed E-state index contributed by atoms with van der Waals surface area (Å²) in [6, 6.07) is 23.2. The molecule has 7 heteroatoms. The van der Waals surface area contributed by atoms with E-state index in [9.17, 15) is 18.0 Å². The van der Waals surface area contributed by atoms with Gasteiger partial charge in [0.2, 0.25) is 5.91 Å². The molecule has 0 aromatic heterocycles. The number of amides is 2. The van der Waals surface area contributed by atoms with Gasteiger partial charge in [-0.3, -0.25) is 14.5 Å². The van der Waals surface area contributed by atoms with Gasteiger partial charge in [0.25, 0.3) is 10.8 Å². The predicted octanol–water partition coefficient (Wildman–Crippen LogP) is 3.16. The highest BCUT2D eigenvalue weighted by Crippen LogP contribution is 2.52. The maximum atomic E-state index is 14.0. The minimum atomic E-state index is -4.15. The Morgan fingerprint density at radius 2 is 1.61 bits per heavy atom. The van der Waals surface area contributed by atoms with Gasteiger partial charge < -0.3 is 4.90 Å². The molecule has 5 rings (SSSR count). The van der Waals surface area contributed by atoms with Crippen molar-refractivity contribution >= 4 is 33.0 Å². The van der Waals surface area contributed by atoms with E-state index in [2.05, 4.69) is 0 Å². The zero-order valence-corrected chi connectivity index (χ0v) is 17.7. The lowest BCUT2D eigenvalue weighted by atomic mass is 10.0. The monoisotopic (exact) mass is 432 g/mol. The molecule has 2 heterocycles. The molecule has 0 unspecified atom stereocenters. The number of carbonyl (C=O) groups is 2. The van der Waals surface area contributed by atoms with Crippen molar-refractivity contribution in [3.8, 4) is 0 Å². The molecule has 2 aliphatic heterocycles. The fourth-order valence-corrected chi connectivity index (χ4v) is 6.61. The Labute approximate surface area is 180 Å². The maximum absolute atomic E-state index is 14.0. The lowest BCUT2D eigenvalue weighted by Gasteiger charge is -2.32. The molecule has 0 saturated carbocycles. The van der Waals surface area contributed by atoms with E-state index in [0.717, 1.165) is 11.1 Å². The van der Waals surface area contributed by atoms with Crippen molar-refractivity contribution in [1.29, 1.82) is 0 Å². The molecular formula is C24H20N2O4S. The summed E-state index contributed by atoms with van der Waals surface area (Å²) in [4.78, 5) is 27.6. The maximum Gasteiger partial charge on any atom is 0.274 e. The highest BCUT2D eigenvalue weighted by Gasteiger charge is 2.69. The van der Waals surface area contributed by atoms with Gasteiger partial charge in [0, 0.05) is 11.3 Å². The number of rotatable bonds is 3. The molecule has 0 aliphatic carbocycles. The van der Waals surface area contributed by atoms with Gasteiger partial charge in [0.05, 0.1) is 12.2 Å². The lowest BCUT2D eigenvalue weighted by Crippen LogP contribution is -2.54. The molecule has 0 bridgehead atoms. The van der Waals surface area contributed by atoms with Gasteiger partial charge in [-0.2, -0.15) is 0 Å². The standard InChI is InChI=1S/C24H20N2O4S/c1-17-8-7-11-19(14-17)26-22(27)16-31(29,30)24(26)20-12-5-6-13-21(20)25(23(24)28)15-18-9-3-2-4-10-18/h2-14H,15-16H2,1H3/t24-/m1/s1. The Morgan fingerprint density at radius 1 is 0.903 bits per heavy atom. The number of sulfone groups is 1. The van der Waals surface area contributed by atoms with E-state index in [-0.39, 0.29) is 6.54 Å². The van der Waals surface area contributed by atoms with Crippen molar-refractivity contribution in [2.75, 3.05) is 15.6 Å². The molecule has 2 aliphatic rings. The third-order valence-electron chi connectivity index (χ3n) is 5.87. The molecule has 2 amide bonds. The van der Waals surface area contributed by atoms with Gasteiger partial charge in [-0.1, -0.05) is 60.7 Å². The number of hydrogen-bond acceptors (Lipinski definition) is 4. The smallest absolute Gasteiger partial charge is 0.274 e.